The molecule has 3 aromatic heterocycles. The summed E-state index contributed by atoms with van der Waals surface area (Å²) in [6.45, 7) is 0. The van der Waals surface area contributed by atoms with Crippen molar-refractivity contribution in [1.82, 2.24) is 29.9 Å². The summed E-state index contributed by atoms with van der Waals surface area (Å²) in [6.07, 6.45) is 2.36. The van der Waals surface area contributed by atoms with Crippen molar-refractivity contribution in [2.24, 2.45) is 0 Å². The summed E-state index contributed by atoms with van der Waals surface area (Å²) in [6, 6.07) is 4.59. The van der Waals surface area contributed by atoms with E-state index in [0.717, 1.165) is 6.20 Å². The van der Waals surface area contributed by atoms with Gasteiger partial charge in [-0.1, -0.05) is 0 Å². The van der Waals surface area contributed by atoms with Crippen LogP contribution in [0, 0.1) is 0 Å². The fraction of sp³-hybridized carbons (Fsp3) is 0.133. The number of hydrogen-bond donors (Lipinski definition) is 1. The number of methoxy groups -OCH3 is 2. The lowest BCUT2D eigenvalue weighted by Crippen LogP contribution is -2.07. The van der Waals surface area contributed by atoms with Gasteiger partial charge in [0.25, 0.3) is 0 Å². The van der Waals surface area contributed by atoms with E-state index in [0.29, 0.717) is 17.4 Å². The second kappa shape index (κ2) is 6.93. The number of aromatic nitrogens is 6. The predicted molar refractivity (Wildman–Crippen MR) is 85.0 cm³/mol. The highest BCUT2D eigenvalue weighted by Crippen LogP contribution is 2.22. The number of carboxylic acid groups (broad SMARTS) is 1. The highest BCUT2D eigenvalue weighted by molar-refractivity contribution is 5.89. The molecule has 0 aliphatic carbocycles. The quantitative estimate of drug-likeness (QED) is 0.646. The number of rotatable bonds is 5. The van der Waals surface area contributed by atoms with Crippen molar-refractivity contribution < 1.29 is 24.2 Å². The van der Waals surface area contributed by atoms with Crippen LogP contribution in [0.3, 0.4) is 0 Å². The maximum absolute atomic E-state index is 11.8. The number of carboxylic acids is 1. The monoisotopic (exact) mass is 356 g/mol. The number of aromatic carboxylic acids is 1. The number of ether oxygens (including phenoxy) is 2. The fourth-order valence-electron chi connectivity index (χ4n) is 2.05. The van der Waals surface area contributed by atoms with E-state index in [1.54, 1.807) is 12.1 Å². The molecule has 0 aliphatic rings. The first-order valence-electron chi connectivity index (χ1n) is 7.15. The summed E-state index contributed by atoms with van der Waals surface area (Å²) in [5, 5.41) is 20.9. The van der Waals surface area contributed by atoms with E-state index in [4.69, 9.17) is 9.84 Å². The molecule has 3 rings (SSSR count). The Morgan fingerprint density at radius 3 is 2.42 bits per heavy atom. The van der Waals surface area contributed by atoms with Crippen molar-refractivity contribution in [2.45, 2.75) is 0 Å². The van der Waals surface area contributed by atoms with E-state index in [9.17, 15) is 9.59 Å². The average Bonchev–Trinajstić information content (AvgIpc) is 3.13. The number of carbonyl (C=O) groups is 2. The van der Waals surface area contributed by atoms with E-state index in [2.05, 4.69) is 30.0 Å². The molecule has 0 fully saturated rings. The van der Waals surface area contributed by atoms with Crippen LogP contribution in [0.5, 0.6) is 5.88 Å². The van der Waals surface area contributed by atoms with Gasteiger partial charge in [-0.3, -0.25) is 4.98 Å². The zero-order chi connectivity index (χ0) is 18.7. The lowest BCUT2D eigenvalue weighted by molar-refractivity contribution is 0.0592. The number of hydrogen-bond acceptors (Lipinski definition) is 9. The smallest absolute Gasteiger partial charge is 0.358 e. The van der Waals surface area contributed by atoms with Crippen molar-refractivity contribution in [3.8, 4) is 23.1 Å². The van der Waals surface area contributed by atoms with E-state index in [1.165, 1.54) is 31.2 Å². The lowest BCUT2D eigenvalue weighted by Gasteiger charge is -2.06. The van der Waals surface area contributed by atoms with E-state index in [-0.39, 0.29) is 17.1 Å². The van der Waals surface area contributed by atoms with Crippen LogP contribution in [0.2, 0.25) is 0 Å². The Morgan fingerprint density at radius 2 is 1.88 bits per heavy atom. The molecular formula is C15H12N6O5. The third kappa shape index (κ3) is 3.17. The summed E-state index contributed by atoms with van der Waals surface area (Å²) >= 11 is 0. The standard InChI is InChI=1S/C15H12N6O5/c1-25-13-4-3-12(18-19-13)21-11(5-8(20-21)15(24)26-2)9-6-17-10(7-16-9)14(22)23/h3-7H,1-2H3,(H,22,23). The normalized spacial score (nSPS) is 10.4. The first kappa shape index (κ1) is 17.0. The van der Waals surface area contributed by atoms with Gasteiger partial charge >= 0.3 is 11.9 Å². The Kier molecular flexibility index (Phi) is 4.51. The van der Waals surface area contributed by atoms with Crippen LogP contribution in [0.15, 0.2) is 30.6 Å². The van der Waals surface area contributed by atoms with E-state index in [1.807, 2.05) is 0 Å². The first-order valence-corrected chi connectivity index (χ1v) is 7.15. The first-order chi connectivity index (χ1) is 12.5. The maximum atomic E-state index is 11.8. The third-order valence-electron chi connectivity index (χ3n) is 3.29. The third-order valence-corrected chi connectivity index (χ3v) is 3.29. The summed E-state index contributed by atoms with van der Waals surface area (Å²) in [4.78, 5) is 30.6. The maximum Gasteiger partial charge on any atom is 0.358 e. The number of nitrogens with zero attached hydrogens (tertiary/aromatic N) is 6. The molecule has 0 bridgehead atoms. The molecule has 0 radical (unpaired) electrons. The van der Waals surface area contributed by atoms with Gasteiger partial charge in [0, 0.05) is 12.1 Å². The average molecular weight is 356 g/mol. The number of esters is 1. The minimum atomic E-state index is -1.20. The van der Waals surface area contributed by atoms with Gasteiger partial charge in [0.1, 0.15) is 5.69 Å². The molecule has 11 nitrogen and oxygen atoms in total. The van der Waals surface area contributed by atoms with Crippen LogP contribution in [0.25, 0.3) is 17.2 Å². The van der Waals surface area contributed by atoms with Crippen molar-refractivity contribution in [3.63, 3.8) is 0 Å². The number of carbonyl (C=O) groups excluding carboxylic acids is 1. The highest BCUT2D eigenvalue weighted by Gasteiger charge is 2.19. The van der Waals surface area contributed by atoms with Crippen molar-refractivity contribution >= 4 is 11.9 Å². The van der Waals surface area contributed by atoms with Crippen LogP contribution >= 0.6 is 0 Å². The zero-order valence-corrected chi connectivity index (χ0v) is 13.7. The Balaban J connectivity index is 2.11. The predicted octanol–water partition coefficient (Wildman–Crippen LogP) is 0.613. The molecule has 11 heteroatoms. The van der Waals surface area contributed by atoms with Crippen molar-refractivity contribution in [1.29, 1.82) is 0 Å². The Bertz CT molecular complexity index is 952. The molecule has 0 saturated heterocycles. The molecule has 0 spiro atoms. The largest absolute Gasteiger partial charge is 0.480 e. The second-order valence-electron chi connectivity index (χ2n) is 4.84. The Hall–Kier alpha value is -3.89. The molecule has 132 valence electrons. The zero-order valence-electron chi connectivity index (χ0n) is 13.7. The SMILES string of the molecule is COC(=O)c1cc(-c2cnc(C(=O)O)cn2)n(-c2ccc(OC)nn2)n1. The van der Waals surface area contributed by atoms with Crippen LogP contribution in [-0.2, 0) is 4.74 Å². The van der Waals surface area contributed by atoms with E-state index >= 15 is 0 Å². The van der Waals surface area contributed by atoms with Gasteiger partial charge in [-0.25, -0.2) is 19.3 Å². The molecule has 0 unspecified atom stereocenters. The van der Waals surface area contributed by atoms with Crippen LogP contribution in [-0.4, -0.2) is 61.2 Å². The van der Waals surface area contributed by atoms with Crippen LogP contribution in [0.4, 0.5) is 0 Å². The Labute approximate surface area is 146 Å². The molecule has 3 heterocycles. The van der Waals surface area contributed by atoms with Gasteiger partial charge in [0.05, 0.1) is 32.3 Å². The van der Waals surface area contributed by atoms with Crippen molar-refractivity contribution in [2.75, 3.05) is 14.2 Å². The van der Waals surface area contributed by atoms with Crippen LogP contribution in [0.1, 0.15) is 21.0 Å². The molecule has 3 aromatic rings. The van der Waals surface area contributed by atoms with Crippen molar-refractivity contribution in [3.05, 3.63) is 42.0 Å². The van der Waals surface area contributed by atoms with E-state index < -0.39 is 11.9 Å². The summed E-state index contributed by atoms with van der Waals surface area (Å²) in [5.74, 6) is -1.25. The molecule has 0 amide bonds. The minimum absolute atomic E-state index is 0.0178. The molecule has 1 N–H and O–H groups in total. The highest BCUT2D eigenvalue weighted by atomic mass is 16.5. The van der Waals surface area contributed by atoms with Gasteiger partial charge in [0.2, 0.25) is 5.88 Å². The second-order valence-corrected chi connectivity index (χ2v) is 4.84. The molecule has 0 saturated carbocycles. The van der Waals surface area contributed by atoms with Gasteiger partial charge in [-0.2, -0.15) is 5.10 Å². The molecular weight excluding hydrogens is 344 g/mol. The topological polar surface area (TPSA) is 142 Å². The molecule has 0 aliphatic heterocycles. The molecule has 26 heavy (non-hydrogen) atoms. The van der Waals surface area contributed by atoms with Gasteiger partial charge in [-0.15, -0.1) is 10.2 Å². The van der Waals surface area contributed by atoms with Gasteiger partial charge in [0.15, 0.2) is 17.2 Å². The van der Waals surface area contributed by atoms with Gasteiger partial charge in [-0.05, 0) is 6.07 Å². The van der Waals surface area contributed by atoms with Gasteiger partial charge < -0.3 is 14.6 Å². The van der Waals surface area contributed by atoms with Crippen LogP contribution < -0.4 is 4.74 Å². The fourth-order valence-corrected chi connectivity index (χ4v) is 2.05. The summed E-state index contributed by atoms with van der Waals surface area (Å²) in [7, 11) is 2.69. The lowest BCUT2D eigenvalue weighted by atomic mass is 10.2. The molecule has 0 atom stereocenters. The Morgan fingerprint density at radius 1 is 1.08 bits per heavy atom. The minimum Gasteiger partial charge on any atom is -0.480 e. The summed E-state index contributed by atoms with van der Waals surface area (Å²) < 4.78 is 11.0. The summed E-state index contributed by atoms with van der Waals surface area (Å²) in [5.41, 5.74) is 0.450. The molecule has 0 aromatic carbocycles.